The van der Waals surface area contributed by atoms with Crippen LogP contribution >= 0.6 is 0 Å². The van der Waals surface area contributed by atoms with E-state index in [-0.39, 0.29) is 10.9 Å². The van der Waals surface area contributed by atoms with Gasteiger partial charge in [-0.25, -0.2) is 0 Å². The van der Waals surface area contributed by atoms with Crippen LogP contribution in [0.3, 0.4) is 0 Å². The maximum atomic E-state index is 12.0. The summed E-state index contributed by atoms with van der Waals surface area (Å²) in [5, 5.41) is 20.0. The zero-order valence-electron chi connectivity index (χ0n) is 11.4. The van der Waals surface area contributed by atoms with Crippen molar-refractivity contribution < 1.29 is 27.9 Å². The summed E-state index contributed by atoms with van der Waals surface area (Å²) in [5.74, 6) is -1.55. The van der Waals surface area contributed by atoms with Crippen molar-refractivity contribution in [3.8, 4) is 11.5 Å². The van der Waals surface area contributed by atoms with Gasteiger partial charge in [0, 0.05) is 11.5 Å². The summed E-state index contributed by atoms with van der Waals surface area (Å²) in [6, 6.07) is 2.62. The minimum Gasteiger partial charge on any atom is -0.501 e. The number of nitro groups is 1. The van der Waals surface area contributed by atoms with Gasteiger partial charge < -0.3 is 14.8 Å². The minimum atomic E-state index is -4.92. The van der Waals surface area contributed by atoms with Gasteiger partial charge in [-0.3, -0.25) is 14.9 Å². The number of ether oxygens (including phenoxy) is 1. The van der Waals surface area contributed by atoms with Crippen LogP contribution < -0.4 is 10.3 Å². The lowest BCUT2D eigenvalue weighted by atomic mass is 10.2. The molecule has 0 bridgehead atoms. The number of fused-ring (bicyclic) bond motifs is 1. The Morgan fingerprint density at radius 3 is 2.41 bits per heavy atom. The fraction of sp³-hybridized carbons (Fsp3) is 0.250. The van der Waals surface area contributed by atoms with E-state index in [1.54, 1.807) is 0 Å². The van der Waals surface area contributed by atoms with Crippen LogP contribution in [0.25, 0.3) is 10.9 Å². The number of hydrogen-bond acceptors (Lipinski definition) is 5. The van der Waals surface area contributed by atoms with Crippen LogP contribution in [0.5, 0.6) is 11.5 Å². The number of H-pyrrole nitrogens is 1. The Labute approximate surface area is 121 Å². The van der Waals surface area contributed by atoms with E-state index in [2.05, 4.69) is 4.74 Å². The lowest BCUT2D eigenvalue weighted by Gasteiger charge is -2.09. The highest BCUT2D eigenvalue weighted by atomic mass is 19.4. The summed E-state index contributed by atoms with van der Waals surface area (Å²) in [7, 11) is 0. The Morgan fingerprint density at radius 1 is 1.32 bits per heavy atom. The van der Waals surface area contributed by atoms with Crippen molar-refractivity contribution in [1.29, 1.82) is 0 Å². The molecule has 0 unspecified atom stereocenters. The van der Waals surface area contributed by atoms with E-state index in [9.17, 15) is 33.2 Å². The Hall–Kier alpha value is -2.78. The Morgan fingerprint density at radius 2 is 1.91 bits per heavy atom. The number of aromatic amines is 1. The number of pyridine rings is 1. The quantitative estimate of drug-likeness (QED) is 0.653. The predicted molar refractivity (Wildman–Crippen MR) is 70.9 cm³/mol. The maximum Gasteiger partial charge on any atom is 0.573 e. The number of nitrogens with zero attached hydrogens (tertiary/aromatic N) is 1. The fourth-order valence-corrected chi connectivity index (χ4v) is 1.62. The van der Waals surface area contributed by atoms with Gasteiger partial charge in [0.2, 0.25) is 5.75 Å². The highest BCUT2D eigenvalue weighted by Gasteiger charge is 2.31. The van der Waals surface area contributed by atoms with E-state index >= 15 is 0 Å². The monoisotopic (exact) mass is 320 g/mol. The van der Waals surface area contributed by atoms with Crippen LogP contribution in [0, 0.1) is 10.1 Å². The lowest BCUT2D eigenvalue weighted by molar-refractivity contribution is -0.387. The molecule has 2 rings (SSSR count). The second-order valence-corrected chi connectivity index (χ2v) is 3.66. The zero-order valence-corrected chi connectivity index (χ0v) is 11.4. The van der Waals surface area contributed by atoms with Crippen molar-refractivity contribution in [3.63, 3.8) is 0 Å². The number of aromatic hydroxyl groups is 1. The molecule has 10 heteroatoms. The Bertz CT molecular complexity index is 755. The predicted octanol–water partition coefficient (Wildman–Crippen LogP) is 3.07. The third-order valence-corrected chi connectivity index (χ3v) is 2.35. The minimum absolute atomic E-state index is 0.175. The van der Waals surface area contributed by atoms with E-state index in [1.165, 1.54) is 0 Å². The van der Waals surface area contributed by atoms with Crippen LogP contribution in [-0.4, -0.2) is 21.4 Å². The molecule has 0 fully saturated rings. The fourth-order valence-electron chi connectivity index (χ4n) is 1.62. The lowest BCUT2D eigenvalue weighted by Crippen LogP contribution is -2.17. The van der Waals surface area contributed by atoms with Crippen molar-refractivity contribution in [1.82, 2.24) is 4.98 Å². The highest BCUT2D eigenvalue weighted by Crippen LogP contribution is 2.32. The normalized spacial score (nSPS) is 10.8. The number of rotatable bonds is 2. The standard InChI is InChI=1S/C10H5F3N2O5.C2H6/c11-10(12,13)20-4-1-2-5-6(3-4)14-9(17)7(8(5)16)15(18)19;1-2/h1-3H,(H2,14,16,17);1-2H3. The van der Waals surface area contributed by atoms with Gasteiger partial charge in [-0.05, 0) is 12.1 Å². The maximum absolute atomic E-state index is 12.0. The largest absolute Gasteiger partial charge is 0.573 e. The number of halogens is 3. The Balaban J connectivity index is 0.00000116. The van der Waals surface area contributed by atoms with E-state index in [4.69, 9.17) is 0 Å². The molecule has 0 saturated carbocycles. The number of hydrogen-bond donors (Lipinski definition) is 2. The van der Waals surface area contributed by atoms with E-state index < -0.39 is 34.0 Å². The summed E-state index contributed by atoms with van der Waals surface area (Å²) >= 11 is 0. The molecule has 0 saturated heterocycles. The van der Waals surface area contributed by atoms with Crippen molar-refractivity contribution in [2.24, 2.45) is 0 Å². The van der Waals surface area contributed by atoms with E-state index in [1.807, 2.05) is 18.8 Å². The summed E-state index contributed by atoms with van der Waals surface area (Å²) in [6.45, 7) is 4.00. The summed E-state index contributed by atoms with van der Waals surface area (Å²) in [5.41, 5.74) is -2.54. The smallest absolute Gasteiger partial charge is 0.501 e. The van der Waals surface area contributed by atoms with Gasteiger partial charge >= 0.3 is 17.6 Å². The summed E-state index contributed by atoms with van der Waals surface area (Å²) < 4.78 is 39.7. The van der Waals surface area contributed by atoms with E-state index in [0.717, 1.165) is 18.2 Å². The van der Waals surface area contributed by atoms with Gasteiger partial charge in [0.05, 0.1) is 10.4 Å². The van der Waals surface area contributed by atoms with Crippen LogP contribution in [0.2, 0.25) is 0 Å². The molecule has 0 amide bonds. The second-order valence-electron chi connectivity index (χ2n) is 3.66. The topological polar surface area (TPSA) is 105 Å². The third-order valence-electron chi connectivity index (χ3n) is 2.35. The first-order valence-corrected chi connectivity index (χ1v) is 5.98. The Kier molecular flexibility index (Phi) is 4.97. The molecule has 120 valence electrons. The molecule has 0 atom stereocenters. The first-order valence-electron chi connectivity index (χ1n) is 5.98. The number of nitrogens with one attached hydrogen (secondary N) is 1. The average molecular weight is 320 g/mol. The zero-order chi connectivity index (χ0) is 17.1. The van der Waals surface area contributed by atoms with Crippen molar-refractivity contribution in [3.05, 3.63) is 38.7 Å². The van der Waals surface area contributed by atoms with E-state index in [0.29, 0.717) is 0 Å². The van der Waals surface area contributed by atoms with Gasteiger partial charge in [-0.2, -0.15) is 0 Å². The van der Waals surface area contributed by atoms with Crippen molar-refractivity contribution in [2.75, 3.05) is 0 Å². The molecular formula is C12H11F3N2O5. The van der Waals surface area contributed by atoms with Gasteiger partial charge in [-0.1, -0.05) is 13.8 Å². The number of alkyl halides is 3. The molecule has 0 spiro atoms. The molecule has 1 heterocycles. The summed E-state index contributed by atoms with van der Waals surface area (Å²) in [6.07, 6.45) is -4.92. The summed E-state index contributed by atoms with van der Waals surface area (Å²) in [4.78, 5) is 22.9. The molecule has 2 aromatic rings. The molecule has 0 aliphatic rings. The first-order chi connectivity index (χ1) is 10.2. The number of benzene rings is 1. The van der Waals surface area contributed by atoms with Gasteiger partial charge in [0.15, 0.2) is 0 Å². The second kappa shape index (κ2) is 6.33. The molecule has 22 heavy (non-hydrogen) atoms. The molecule has 0 radical (unpaired) electrons. The third kappa shape index (κ3) is 3.65. The molecule has 0 aliphatic carbocycles. The molecular weight excluding hydrogens is 309 g/mol. The van der Waals surface area contributed by atoms with Gasteiger partial charge in [0.1, 0.15) is 5.75 Å². The van der Waals surface area contributed by atoms with Crippen LogP contribution in [0.1, 0.15) is 13.8 Å². The van der Waals surface area contributed by atoms with Gasteiger partial charge in [0.25, 0.3) is 0 Å². The highest BCUT2D eigenvalue weighted by molar-refractivity contribution is 5.88. The molecule has 1 aromatic carbocycles. The van der Waals surface area contributed by atoms with Gasteiger partial charge in [-0.15, -0.1) is 13.2 Å². The SMILES string of the molecule is CC.O=c1[nH]c2cc(OC(F)(F)F)ccc2c(O)c1[N+](=O)[O-]. The van der Waals surface area contributed by atoms with Crippen LogP contribution in [0.15, 0.2) is 23.0 Å². The molecule has 1 aromatic heterocycles. The molecule has 2 N–H and O–H groups in total. The van der Waals surface area contributed by atoms with Crippen LogP contribution in [0.4, 0.5) is 18.9 Å². The molecule has 7 nitrogen and oxygen atoms in total. The first kappa shape index (κ1) is 17.3. The van der Waals surface area contributed by atoms with Crippen LogP contribution in [-0.2, 0) is 0 Å². The molecule has 0 aliphatic heterocycles. The van der Waals surface area contributed by atoms with Crippen molar-refractivity contribution in [2.45, 2.75) is 20.2 Å². The average Bonchev–Trinajstić information content (AvgIpc) is 2.38. The number of aromatic nitrogens is 1. The van der Waals surface area contributed by atoms with Crippen molar-refractivity contribution >= 4 is 16.6 Å².